The summed E-state index contributed by atoms with van der Waals surface area (Å²) < 4.78 is 25.3. The Balaban J connectivity index is 2.41. The second-order valence-corrected chi connectivity index (χ2v) is 4.88. The number of carbonyl (C=O) groups is 2. The number of nitrogens with two attached hydrogens (primary N) is 1. The van der Waals surface area contributed by atoms with E-state index in [0.29, 0.717) is 5.52 Å². The number of carbonyl (C=O) groups excluding carboxylic acids is 2. The third-order valence-corrected chi connectivity index (χ3v) is 3.40. The Bertz CT molecular complexity index is 954. The molecule has 0 amide bonds. The van der Waals surface area contributed by atoms with Crippen molar-refractivity contribution in [2.24, 2.45) is 0 Å². The lowest BCUT2D eigenvalue weighted by atomic mass is 9.92. The average molecular weight is 288 g/mol. The summed E-state index contributed by atoms with van der Waals surface area (Å²) in [5.41, 5.74) is 5.49. The molecule has 2 N–H and O–H groups in total. The minimum absolute atomic E-state index is 0.0136. The zero-order valence-corrected chi connectivity index (χ0v) is 11.3. The highest BCUT2D eigenvalue weighted by Gasteiger charge is 2.30. The normalized spacial score (nSPS) is 27.2. The van der Waals surface area contributed by atoms with Crippen LogP contribution in [0.4, 0.5) is 5.69 Å². The molecular formula is C15H15N3O3. The van der Waals surface area contributed by atoms with Gasteiger partial charge >= 0.3 is 0 Å². The highest BCUT2D eigenvalue weighted by atomic mass is 16.2. The molecule has 0 bridgehead atoms. The van der Waals surface area contributed by atoms with Crippen LogP contribution >= 0.6 is 0 Å². The smallest absolute Gasteiger partial charge is 0.264 e. The molecule has 2 aromatic rings. The van der Waals surface area contributed by atoms with E-state index in [0.717, 1.165) is 4.57 Å². The zero-order chi connectivity index (χ0) is 17.9. The van der Waals surface area contributed by atoms with E-state index in [-0.39, 0.29) is 16.9 Å². The quantitative estimate of drug-likeness (QED) is 0.627. The average Bonchev–Trinajstić information content (AvgIpc) is 2.44. The van der Waals surface area contributed by atoms with Crippen molar-refractivity contribution < 1.29 is 13.7 Å². The maximum Gasteiger partial charge on any atom is 0.264 e. The molecule has 1 fully saturated rings. The fourth-order valence-electron chi connectivity index (χ4n) is 2.44. The van der Waals surface area contributed by atoms with E-state index < -0.39 is 42.4 Å². The molecule has 0 spiro atoms. The van der Waals surface area contributed by atoms with E-state index >= 15 is 0 Å². The zero-order valence-electron chi connectivity index (χ0n) is 14.3. The van der Waals surface area contributed by atoms with Gasteiger partial charge in [0, 0.05) is 14.8 Å². The standard InChI is InChI=1S/C15H15N3O3/c1-8-17-11-4-2-3-10(16)14(11)15(21)18(8)12-6-5-9(19)7-13(12)20/h2-4,12H,5-7,16H2,1H3/i6D2,12D. The molecule has 6 nitrogen and oxygen atoms in total. The van der Waals surface area contributed by atoms with Gasteiger partial charge in [-0.05, 0) is 25.4 Å². The van der Waals surface area contributed by atoms with Gasteiger partial charge in [-0.3, -0.25) is 19.0 Å². The first-order chi connectivity index (χ1) is 11.1. The summed E-state index contributed by atoms with van der Waals surface area (Å²) in [6, 6.07) is 2.12. The Morgan fingerprint density at radius 2 is 2.19 bits per heavy atom. The van der Waals surface area contributed by atoms with Gasteiger partial charge in [-0.2, -0.15) is 0 Å². The molecule has 0 saturated heterocycles. The number of aryl methyl sites for hydroxylation is 1. The van der Waals surface area contributed by atoms with Gasteiger partial charge in [0.15, 0.2) is 5.78 Å². The maximum atomic E-state index is 12.9. The number of fused-ring (bicyclic) bond motifs is 1. The van der Waals surface area contributed by atoms with Crippen LogP contribution in [0.25, 0.3) is 10.9 Å². The number of benzene rings is 1. The highest BCUT2D eigenvalue weighted by Crippen LogP contribution is 2.24. The second kappa shape index (κ2) is 4.80. The number of rotatable bonds is 1. The van der Waals surface area contributed by atoms with E-state index in [9.17, 15) is 14.4 Å². The van der Waals surface area contributed by atoms with Crippen LogP contribution in [0.15, 0.2) is 23.0 Å². The molecule has 6 heteroatoms. The summed E-state index contributed by atoms with van der Waals surface area (Å²) in [6.07, 6.45) is -3.74. The minimum Gasteiger partial charge on any atom is -0.398 e. The Hall–Kier alpha value is -2.50. The van der Waals surface area contributed by atoms with E-state index in [4.69, 9.17) is 9.85 Å². The van der Waals surface area contributed by atoms with Crippen LogP contribution in [0.1, 0.15) is 35.2 Å². The number of hydrogen-bond donors (Lipinski definition) is 1. The Morgan fingerprint density at radius 3 is 2.90 bits per heavy atom. The van der Waals surface area contributed by atoms with Crippen molar-refractivity contribution in [3.63, 3.8) is 0 Å². The van der Waals surface area contributed by atoms with E-state index in [1.165, 1.54) is 13.0 Å². The molecule has 0 aliphatic heterocycles. The molecule has 1 unspecified atom stereocenters. The van der Waals surface area contributed by atoms with Gasteiger partial charge in [0.1, 0.15) is 11.6 Å². The van der Waals surface area contributed by atoms with Crippen molar-refractivity contribution in [1.29, 1.82) is 0 Å². The van der Waals surface area contributed by atoms with Crippen LogP contribution in [0.5, 0.6) is 0 Å². The molecular weight excluding hydrogens is 270 g/mol. The molecule has 108 valence electrons. The summed E-state index contributed by atoms with van der Waals surface area (Å²) in [6.45, 7) is 1.42. The number of anilines is 1. The third-order valence-electron chi connectivity index (χ3n) is 3.40. The van der Waals surface area contributed by atoms with Gasteiger partial charge in [-0.15, -0.1) is 0 Å². The Kier molecular flexibility index (Phi) is 2.35. The fourth-order valence-corrected chi connectivity index (χ4v) is 2.44. The molecule has 1 aliphatic carbocycles. The fraction of sp³-hybridized carbons (Fsp3) is 0.333. The van der Waals surface area contributed by atoms with Crippen molar-refractivity contribution in [3.05, 3.63) is 34.4 Å². The molecule has 0 radical (unpaired) electrons. The van der Waals surface area contributed by atoms with Crippen molar-refractivity contribution >= 4 is 28.2 Å². The first-order valence-corrected chi connectivity index (χ1v) is 6.43. The van der Waals surface area contributed by atoms with Gasteiger partial charge < -0.3 is 5.73 Å². The number of Topliss-reactive ketones (excluding diaryl/α,β-unsaturated/α-hetero) is 2. The number of ketones is 2. The molecule has 1 aliphatic rings. The molecule has 21 heavy (non-hydrogen) atoms. The lowest BCUT2D eigenvalue weighted by molar-refractivity contribution is -0.132. The molecule has 1 heterocycles. The van der Waals surface area contributed by atoms with Gasteiger partial charge in [0.05, 0.1) is 24.7 Å². The lowest BCUT2D eigenvalue weighted by Crippen LogP contribution is -2.36. The summed E-state index contributed by atoms with van der Waals surface area (Å²) in [5, 5.41) is 0.0234. The van der Waals surface area contributed by atoms with Gasteiger partial charge in [-0.1, -0.05) is 6.07 Å². The summed E-state index contributed by atoms with van der Waals surface area (Å²) in [5.74, 6) is -1.55. The van der Waals surface area contributed by atoms with E-state index in [1.807, 2.05) is 0 Å². The lowest BCUT2D eigenvalue weighted by Gasteiger charge is -2.24. The molecule has 3 rings (SSSR count). The second-order valence-electron chi connectivity index (χ2n) is 4.88. The van der Waals surface area contributed by atoms with Crippen LogP contribution in [0.3, 0.4) is 0 Å². The largest absolute Gasteiger partial charge is 0.398 e. The minimum atomic E-state index is -2.56. The summed E-state index contributed by atoms with van der Waals surface area (Å²) in [7, 11) is 0. The van der Waals surface area contributed by atoms with Gasteiger partial charge in [0.25, 0.3) is 5.56 Å². The Labute approximate surface area is 124 Å². The monoisotopic (exact) mass is 288 g/mol. The number of hydrogen-bond acceptors (Lipinski definition) is 5. The number of nitrogens with zero attached hydrogens (tertiary/aromatic N) is 2. The predicted octanol–water partition coefficient (Wildman–Crippen LogP) is 1.15. The molecule has 1 aromatic carbocycles. The molecule has 1 aromatic heterocycles. The number of nitrogen functional groups attached to an aromatic ring is 1. The highest BCUT2D eigenvalue weighted by molar-refractivity contribution is 6.03. The van der Waals surface area contributed by atoms with Crippen molar-refractivity contribution in [2.75, 3.05) is 5.73 Å². The van der Waals surface area contributed by atoms with E-state index in [2.05, 4.69) is 4.98 Å². The molecule has 1 atom stereocenters. The summed E-state index contributed by atoms with van der Waals surface area (Å²) >= 11 is 0. The first-order valence-electron chi connectivity index (χ1n) is 7.93. The Morgan fingerprint density at radius 1 is 1.43 bits per heavy atom. The van der Waals surface area contributed by atoms with Gasteiger partial charge in [0.2, 0.25) is 0 Å². The topological polar surface area (TPSA) is 95.1 Å². The van der Waals surface area contributed by atoms with Crippen LogP contribution in [-0.2, 0) is 9.59 Å². The first kappa shape index (κ1) is 10.3. The predicted molar refractivity (Wildman–Crippen MR) is 78.1 cm³/mol. The van der Waals surface area contributed by atoms with Crippen molar-refractivity contribution in [1.82, 2.24) is 9.55 Å². The van der Waals surface area contributed by atoms with Crippen LogP contribution in [-0.4, -0.2) is 21.1 Å². The van der Waals surface area contributed by atoms with Crippen LogP contribution in [0, 0.1) is 6.92 Å². The maximum absolute atomic E-state index is 12.9. The molecule has 1 saturated carbocycles. The SMILES string of the molecule is [2H]C1([2H])CC(=O)CC(=O)C1([2H])n1c(C)nc2cccc(N)c2c1=O. The van der Waals surface area contributed by atoms with Crippen molar-refractivity contribution in [3.8, 4) is 0 Å². The van der Waals surface area contributed by atoms with Crippen molar-refractivity contribution in [2.45, 2.75) is 32.2 Å². The van der Waals surface area contributed by atoms with E-state index in [1.54, 1.807) is 12.1 Å². The third kappa shape index (κ3) is 2.12. The summed E-state index contributed by atoms with van der Waals surface area (Å²) in [4.78, 5) is 41.1. The van der Waals surface area contributed by atoms with Gasteiger partial charge in [-0.25, -0.2) is 4.98 Å². The van der Waals surface area contributed by atoms with Crippen LogP contribution < -0.4 is 11.3 Å². The van der Waals surface area contributed by atoms with Crippen LogP contribution in [0.2, 0.25) is 0 Å². The number of aromatic nitrogens is 2.